The molecule has 3 heterocycles. The number of hydrogen-bond acceptors (Lipinski definition) is 8. The number of rotatable bonds is 7. The molecule has 0 saturated carbocycles. The summed E-state index contributed by atoms with van der Waals surface area (Å²) in [7, 11) is 0. The van der Waals surface area contributed by atoms with E-state index in [2.05, 4.69) is 25.1 Å². The first kappa shape index (κ1) is 27.3. The van der Waals surface area contributed by atoms with Gasteiger partial charge in [-0.2, -0.15) is 17.9 Å². The lowest BCUT2D eigenvalue weighted by molar-refractivity contribution is -0.207. The zero-order valence-electron chi connectivity index (χ0n) is 18.5. The Balaban J connectivity index is 0.00000361. The molecule has 11 nitrogen and oxygen atoms in total. The normalized spacial score (nSPS) is 13.3. The fourth-order valence-corrected chi connectivity index (χ4v) is 3.34. The summed E-state index contributed by atoms with van der Waals surface area (Å²) in [6, 6.07) is 7.05. The van der Waals surface area contributed by atoms with E-state index in [-0.39, 0.29) is 36.5 Å². The fourth-order valence-electron chi connectivity index (χ4n) is 3.21. The van der Waals surface area contributed by atoms with Gasteiger partial charge in [0.15, 0.2) is 23.6 Å². The first-order valence-electron chi connectivity index (χ1n) is 10.2. The lowest BCUT2D eigenvalue weighted by Crippen LogP contribution is -2.37. The van der Waals surface area contributed by atoms with Gasteiger partial charge < -0.3 is 10.8 Å². The predicted octanol–water partition coefficient (Wildman–Crippen LogP) is 2.15. The van der Waals surface area contributed by atoms with E-state index in [0.29, 0.717) is 16.4 Å². The van der Waals surface area contributed by atoms with Crippen molar-refractivity contribution in [2.45, 2.75) is 38.3 Å². The number of benzene rings is 1. The number of aliphatic hydroxyl groups is 1. The minimum atomic E-state index is -4.93. The average Bonchev–Trinajstić information content (AvgIpc) is 3.37. The predicted molar refractivity (Wildman–Crippen MR) is 125 cm³/mol. The van der Waals surface area contributed by atoms with Gasteiger partial charge in [0.05, 0.1) is 12.6 Å². The van der Waals surface area contributed by atoms with Gasteiger partial charge in [-0.1, -0.05) is 11.6 Å². The van der Waals surface area contributed by atoms with Crippen LogP contribution in [0.4, 0.5) is 13.2 Å². The maximum Gasteiger partial charge on any atom is 0.416 e. The van der Waals surface area contributed by atoms with Crippen molar-refractivity contribution in [3.8, 4) is 17.3 Å². The van der Waals surface area contributed by atoms with Crippen LogP contribution in [0.1, 0.15) is 24.6 Å². The summed E-state index contributed by atoms with van der Waals surface area (Å²) in [5.74, 6) is 0.527. The molecule has 3 aromatic heterocycles. The molecule has 192 valence electrons. The fraction of sp³-hybridized carbons (Fsp3) is 0.300. The molecule has 16 heteroatoms. The van der Waals surface area contributed by atoms with Crippen LogP contribution in [-0.4, -0.2) is 56.5 Å². The second-order valence-electron chi connectivity index (χ2n) is 7.57. The second kappa shape index (κ2) is 10.7. The molecule has 0 aliphatic heterocycles. The maximum atomic E-state index is 13.0. The van der Waals surface area contributed by atoms with Gasteiger partial charge in [-0.05, 0) is 37.3 Å². The molecule has 3 N–H and O–H groups in total. The highest BCUT2D eigenvalue weighted by molar-refractivity contribution is 6.30. The van der Waals surface area contributed by atoms with Gasteiger partial charge in [-0.3, -0.25) is 4.57 Å². The van der Waals surface area contributed by atoms with Crippen LogP contribution in [0.2, 0.25) is 5.02 Å². The molecular formula is C20H20Cl2F3N9O2. The number of aliphatic hydroxyl groups excluding tert-OH is 1. The summed E-state index contributed by atoms with van der Waals surface area (Å²) in [4.78, 5) is 25.6. The highest BCUT2D eigenvalue weighted by Crippen LogP contribution is 2.24. The van der Waals surface area contributed by atoms with E-state index in [9.17, 15) is 23.1 Å². The van der Waals surface area contributed by atoms with E-state index in [1.54, 1.807) is 13.0 Å². The van der Waals surface area contributed by atoms with Gasteiger partial charge in [-0.25, -0.2) is 24.4 Å². The maximum absolute atomic E-state index is 13.0. The molecule has 0 spiro atoms. The number of aromatic nitrogens is 8. The highest BCUT2D eigenvalue weighted by atomic mass is 35.5. The molecule has 0 saturated heterocycles. The van der Waals surface area contributed by atoms with Crippen LogP contribution < -0.4 is 11.4 Å². The molecule has 0 aliphatic carbocycles. The molecule has 4 rings (SSSR count). The molecule has 2 atom stereocenters. The van der Waals surface area contributed by atoms with Gasteiger partial charge in [0, 0.05) is 23.0 Å². The monoisotopic (exact) mass is 545 g/mol. The summed E-state index contributed by atoms with van der Waals surface area (Å²) >= 11 is 5.90. The highest BCUT2D eigenvalue weighted by Gasteiger charge is 2.39. The molecule has 0 radical (unpaired) electrons. The number of alkyl halides is 3. The van der Waals surface area contributed by atoms with Crippen LogP contribution in [-0.2, 0) is 13.1 Å². The van der Waals surface area contributed by atoms with Crippen molar-refractivity contribution in [1.29, 1.82) is 0 Å². The standard InChI is InChI=1S/C20H19ClF3N9O2.ClH/c1-11(25)16-28-15(29-33(16)18-26-7-2-8-27-18)10-32-19(35)31(9-14(34)20(22,23)24)17(30-32)12-3-5-13(21)6-4-12;/h2-8,11,14,34H,9-10,25H2,1H3;1H/t11?,14-;/m0./s1. The first-order valence-corrected chi connectivity index (χ1v) is 10.6. The van der Waals surface area contributed by atoms with Gasteiger partial charge in [-0.15, -0.1) is 22.6 Å². The van der Waals surface area contributed by atoms with Crippen LogP contribution >= 0.6 is 24.0 Å². The van der Waals surface area contributed by atoms with Crippen molar-refractivity contribution in [3.05, 3.63) is 69.9 Å². The summed E-state index contributed by atoms with van der Waals surface area (Å²) < 4.78 is 42.1. The van der Waals surface area contributed by atoms with E-state index >= 15 is 0 Å². The Morgan fingerprint density at radius 3 is 2.36 bits per heavy atom. The van der Waals surface area contributed by atoms with E-state index in [1.165, 1.54) is 41.3 Å². The van der Waals surface area contributed by atoms with E-state index < -0.39 is 30.6 Å². The molecule has 0 fully saturated rings. The van der Waals surface area contributed by atoms with Crippen LogP contribution in [0.25, 0.3) is 17.3 Å². The molecule has 4 aromatic rings. The summed E-state index contributed by atoms with van der Waals surface area (Å²) in [6.07, 6.45) is -4.70. The molecule has 0 aliphatic rings. The summed E-state index contributed by atoms with van der Waals surface area (Å²) in [5, 5.41) is 18.5. The smallest absolute Gasteiger partial charge is 0.382 e. The quantitative estimate of drug-likeness (QED) is 0.359. The SMILES string of the molecule is CC(N)c1nc(Cn2nc(-c3ccc(Cl)cc3)n(C[C@H](O)C(F)(F)F)c2=O)nn1-c1ncccn1.Cl. The molecule has 1 unspecified atom stereocenters. The van der Waals surface area contributed by atoms with Crippen molar-refractivity contribution in [3.63, 3.8) is 0 Å². The Kier molecular flexibility index (Phi) is 8.13. The molecular weight excluding hydrogens is 526 g/mol. The molecule has 0 bridgehead atoms. The summed E-state index contributed by atoms with van der Waals surface area (Å²) in [6.45, 7) is 0.338. The van der Waals surface area contributed by atoms with Crippen LogP contribution in [0.3, 0.4) is 0 Å². The van der Waals surface area contributed by atoms with Crippen molar-refractivity contribution in [1.82, 2.24) is 39.1 Å². The largest absolute Gasteiger partial charge is 0.416 e. The summed E-state index contributed by atoms with van der Waals surface area (Å²) in [5.41, 5.74) is 5.42. The Labute approximate surface area is 212 Å². The van der Waals surface area contributed by atoms with Crippen LogP contribution in [0, 0.1) is 0 Å². The number of nitrogens with zero attached hydrogens (tertiary/aromatic N) is 8. The van der Waals surface area contributed by atoms with Crippen molar-refractivity contribution in [2.24, 2.45) is 5.73 Å². The minimum absolute atomic E-state index is 0. The minimum Gasteiger partial charge on any atom is -0.382 e. The zero-order valence-corrected chi connectivity index (χ0v) is 20.1. The molecule has 36 heavy (non-hydrogen) atoms. The van der Waals surface area contributed by atoms with Crippen LogP contribution in [0.15, 0.2) is 47.5 Å². The van der Waals surface area contributed by atoms with Gasteiger partial charge in [0.1, 0.15) is 6.54 Å². The third-order valence-corrected chi connectivity index (χ3v) is 5.13. The van der Waals surface area contributed by atoms with Crippen molar-refractivity contribution in [2.75, 3.05) is 0 Å². The Morgan fingerprint density at radius 1 is 1.14 bits per heavy atom. The van der Waals surface area contributed by atoms with E-state index in [1.807, 2.05) is 0 Å². The topological polar surface area (TPSA) is 143 Å². The van der Waals surface area contributed by atoms with Gasteiger partial charge in [0.2, 0.25) is 0 Å². The third kappa shape index (κ3) is 5.73. The zero-order chi connectivity index (χ0) is 25.3. The first-order chi connectivity index (χ1) is 16.5. The average molecular weight is 546 g/mol. The van der Waals surface area contributed by atoms with E-state index in [4.69, 9.17) is 17.3 Å². The number of nitrogens with two attached hydrogens (primary N) is 1. The number of halogens is 5. The Morgan fingerprint density at radius 2 is 1.78 bits per heavy atom. The molecule has 0 amide bonds. The third-order valence-electron chi connectivity index (χ3n) is 4.87. The lowest BCUT2D eigenvalue weighted by Gasteiger charge is -2.15. The Hall–Kier alpha value is -3.33. The van der Waals surface area contributed by atoms with E-state index in [0.717, 1.165) is 9.25 Å². The second-order valence-corrected chi connectivity index (χ2v) is 8.01. The van der Waals surface area contributed by atoms with Crippen LogP contribution in [0.5, 0.6) is 0 Å². The molecule has 1 aromatic carbocycles. The van der Waals surface area contributed by atoms with Gasteiger partial charge in [0.25, 0.3) is 5.95 Å². The number of hydrogen-bond donors (Lipinski definition) is 2. The van der Waals surface area contributed by atoms with Crippen molar-refractivity contribution >= 4 is 24.0 Å². The van der Waals surface area contributed by atoms with Crippen molar-refractivity contribution < 1.29 is 18.3 Å². The Bertz CT molecular complexity index is 1370. The van der Waals surface area contributed by atoms with Gasteiger partial charge >= 0.3 is 11.9 Å². The lowest BCUT2D eigenvalue weighted by atomic mass is 10.2.